The highest BCUT2D eigenvalue weighted by atomic mass is 16.3. The normalized spacial score (nSPS) is 9.80. The van der Waals surface area contributed by atoms with Gasteiger partial charge in [-0.2, -0.15) is 5.26 Å². The average molecular weight is 200 g/mol. The predicted octanol–water partition coefficient (Wildman–Crippen LogP) is 2.28. The summed E-state index contributed by atoms with van der Waals surface area (Å²) in [4.78, 5) is 11.1. The Morgan fingerprint density at radius 3 is 3.13 bits per heavy atom. The fraction of sp³-hybridized carbons (Fsp3) is 0.0909. The van der Waals surface area contributed by atoms with Crippen molar-refractivity contribution in [2.45, 2.75) is 6.42 Å². The number of nitrogens with one attached hydrogen (secondary N) is 1. The molecule has 1 amide bonds. The van der Waals surface area contributed by atoms with Crippen molar-refractivity contribution >= 4 is 22.6 Å². The summed E-state index contributed by atoms with van der Waals surface area (Å²) in [7, 11) is 0. The van der Waals surface area contributed by atoms with E-state index in [4.69, 9.17) is 9.68 Å². The zero-order valence-corrected chi connectivity index (χ0v) is 7.86. The minimum atomic E-state index is -0.305. The van der Waals surface area contributed by atoms with Crippen molar-refractivity contribution in [3.8, 4) is 6.07 Å². The van der Waals surface area contributed by atoms with E-state index in [2.05, 4.69) is 5.32 Å². The molecule has 2 aromatic rings. The molecule has 1 N–H and O–H groups in total. The van der Waals surface area contributed by atoms with Gasteiger partial charge in [-0.05, 0) is 24.3 Å². The Morgan fingerprint density at radius 2 is 2.33 bits per heavy atom. The highest BCUT2D eigenvalue weighted by Crippen LogP contribution is 2.19. The van der Waals surface area contributed by atoms with Gasteiger partial charge in [-0.3, -0.25) is 4.79 Å². The number of hydrogen-bond donors (Lipinski definition) is 1. The summed E-state index contributed by atoms with van der Waals surface area (Å²) in [6.07, 6.45) is 1.45. The van der Waals surface area contributed by atoms with Gasteiger partial charge in [0, 0.05) is 11.1 Å². The van der Waals surface area contributed by atoms with Crippen LogP contribution in [0.1, 0.15) is 6.42 Å². The molecule has 0 radical (unpaired) electrons. The number of carbonyl (C=O) groups excluding carboxylic acids is 1. The van der Waals surface area contributed by atoms with Gasteiger partial charge in [0.1, 0.15) is 12.0 Å². The van der Waals surface area contributed by atoms with E-state index in [9.17, 15) is 4.79 Å². The van der Waals surface area contributed by atoms with E-state index in [1.165, 1.54) is 0 Å². The lowest BCUT2D eigenvalue weighted by Gasteiger charge is -2.01. The highest BCUT2D eigenvalue weighted by Gasteiger charge is 2.02. The largest absolute Gasteiger partial charge is 0.464 e. The Balaban J connectivity index is 2.22. The van der Waals surface area contributed by atoms with Crippen LogP contribution >= 0.6 is 0 Å². The Kier molecular flexibility index (Phi) is 2.38. The molecule has 2 rings (SSSR count). The van der Waals surface area contributed by atoms with Gasteiger partial charge in [-0.1, -0.05) is 0 Å². The minimum absolute atomic E-state index is 0.135. The first-order chi connectivity index (χ1) is 7.29. The molecule has 0 aliphatic carbocycles. The maximum atomic E-state index is 11.1. The van der Waals surface area contributed by atoms with Crippen molar-refractivity contribution in [3.05, 3.63) is 30.5 Å². The highest BCUT2D eigenvalue weighted by molar-refractivity contribution is 5.94. The van der Waals surface area contributed by atoms with E-state index in [1.807, 2.05) is 6.07 Å². The average Bonchev–Trinajstić information content (AvgIpc) is 2.65. The quantitative estimate of drug-likeness (QED) is 0.808. The summed E-state index contributed by atoms with van der Waals surface area (Å²) in [6, 6.07) is 8.92. The fourth-order valence-electron chi connectivity index (χ4n) is 1.32. The first-order valence-corrected chi connectivity index (χ1v) is 4.43. The third-order valence-corrected chi connectivity index (χ3v) is 1.98. The van der Waals surface area contributed by atoms with Crippen molar-refractivity contribution in [1.82, 2.24) is 0 Å². The molecule has 0 bridgehead atoms. The van der Waals surface area contributed by atoms with Crippen LogP contribution in [-0.2, 0) is 4.79 Å². The third-order valence-electron chi connectivity index (χ3n) is 1.98. The van der Waals surface area contributed by atoms with Crippen LogP contribution in [0, 0.1) is 11.3 Å². The molecular weight excluding hydrogens is 192 g/mol. The van der Waals surface area contributed by atoms with E-state index in [1.54, 1.807) is 30.5 Å². The lowest BCUT2D eigenvalue weighted by molar-refractivity contribution is -0.115. The van der Waals surface area contributed by atoms with Crippen LogP contribution in [0.3, 0.4) is 0 Å². The van der Waals surface area contributed by atoms with E-state index in [0.29, 0.717) is 5.69 Å². The second-order valence-electron chi connectivity index (χ2n) is 3.06. The fourth-order valence-corrected chi connectivity index (χ4v) is 1.32. The number of anilines is 1. The van der Waals surface area contributed by atoms with Gasteiger partial charge in [0.05, 0.1) is 12.3 Å². The molecule has 0 saturated heterocycles. The van der Waals surface area contributed by atoms with Crippen LogP contribution in [0.2, 0.25) is 0 Å². The van der Waals surface area contributed by atoms with Crippen LogP contribution in [-0.4, -0.2) is 5.91 Å². The molecule has 0 unspecified atom stereocenters. The van der Waals surface area contributed by atoms with Crippen LogP contribution in [0.15, 0.2) is 34.9 Å². The van der Waals surface area contributed by atoms with Crippen LogP contribution < -0.4 is 5.32 Å². The summed E-state index contributed by atoms with van der Waals surface area (Å²) in [5.74, 6) is -0.305. The Labute approximate surface area is 86.1 Å². The molecule has 15 heavy (non-hydrogen) atoms. The van der Waals surface area contributed by atoms with Gasteiger partial charge in [-0.25, -0.2) is 0 Å². The van der Waals surface area contributed by atoms with Crippen molar-refractivity contribution < 1.29 is 9.21 Å². The number of carbonyl (C=O) groups is 1. The molecule has 0 saturated carbocycles. The van der Waals surface area contributed by atoms with Gasteiger partial charge in [0.25, 0.3) is 0 Å². The Morgan fingerprint density at radius 1 is 1.47 bits per heavy atom. The SMILES string of the molecule is N#CCC(=O)Nc1ccc2occc2c1. The summed E-state index contributed by atoms with van der Waals surface area (Å²) in [5, 5.41) is 11.9. The summed E-state index contributed by atoms with van der Waals surface area (Å²) in [5.41, 5.74) is 1.44. The molecule has 0 atom stereocenters. The number of benzene rings is 1. The maximum absolute atomic E-state index is 11.1. The Bertz CT molecular complexity index is 537. The molecule has 4 heteroatoms. The molecule has 1 aromatic heterocycles. The van der Waals surface area contributed by atoms with Crippen LogP contribution in [0.25, 0.3) is 11.0 Å². The first kappa shape index (κ1) is 9.28. The van der Waals surface area contributed by atoms with Crippen molar-refractivity contribution in [1.29, 1.82) is 5.26 Å². The second kappa shape index (κ2) is 3.84. The van der Waals surface area contributed by atoms with Gasteiger partial charge in [0.2, 0.25) is 5.91 Å². The molecule has 1 aromatic carbocycles. The topological polar surface area (TPSA) is 66.0 Å². The first-order valence-electron chi connectivity index (χ1n) is 4.43. The number of furan rings is 1. The molecule has 1 heterocycles. The molecule has 4 nitrogen and oxygen atoms in total. The standard InChI is InChI=1S/C11H8N2O2/c12-5-3-11(14)13-9-1-2-10-8(7-9)4-6-15-10/h1-2,4,6-7H,3H2,(H,13,14). The van der Waals surface area contributed by atoms with Crippen molar-refractivity contribution in [2.24, 2.45) is 0 Å². The number of nitrogens with zero attached hydrogens (tertiary/aromatic N) is 1. The smallest absolute Gasteiger partial charge is 0.238 e. The predicted molar refractivity (Wildman–Crippen MR) is 55.1 cm³/mol. The number of hydrogen-bond acceptors (Lipinski definition) is 3. The number of nitriles is 1. The lowest BCUT2D eigenvalue weighted by Crippen LogP contribution is -2.09. The minimum Gasteiger partial charge on any atom is -0.464 e. The van der Waals surface area contributed by atoms with E-state index in [0.717, 1.165) is 11.0 Å². The molecule has 0 fully saturated rings. The number of amides is 1. The summed E-state index contributed by atoms with van der Waals surface area (Å²) in [6.45, 7) is 0. The van der Waals surface area contributed by atoms with Gasteiger partial charge in [0.15, 0.2) is 0 Å². The number of rotatable bonds is 2. The molecule has 0 spiro atoms. The van der Waals surface area contributed by atoms with Gasteiger partial charge in [-0.15, -0.1) is 0 Å². The zero-order chi connectivity index (χ0) is 10.7. The van der Waals surface area contributed by atoms with Crippen molar-refractivity contribution in [2.75, 3.05) is 5.32 Å². The maximum Gasteiger partial charge on any atom is 0.238 e. The van der Waals surface area contributed by atoms with E-state index < -0.39 is 0 Å². The Hall–Kier alpha value is -2.28. The van der Waals surface area contributed by atoms with E-state index >= 15 is 0 Å². The summed E-state index contributed by atoms with van der Waals surface area (Å²) < 4.78 is 5.16. The molecule has 74 valence electrons. The van der Waals surface area contributed by atoms with Gasteiger partial charge >= 0.3 is 0 Å². The molecular formula is C11H8N2O2. The van der Waals surface area contributed by atoms with Crippen molar-refractivity contribution in [3.63, 3.8) is 0 Å². The van der Waals surface area contributed by atoms with Gasteiger partial charge < -0.3 is 9.73 Å². The zero-order valence-electron chi connectivity index (χ0n) is 7.86. The van der Waals surface area contributed by atoms with E-state index in [-0.39, 0.29) is 12.3 Å². The van der Waals surface area contributed by atoms with Crippen LogP contribution in [0.4, 0.5) is 5.69 Å². The second-order valence-corrected chi connectivity index (χ2v) is 3.06. The molecule has 0 aliphatic rings. The molecule has 0 aliphatic heterocycles. The monoisotopic (exact) mass is 200 g/mol. The number of fused-ring (bicyclic) bond motifs is 1. The lowest BCUT2D eigenvalue weighted by atomic mass is 10.2. The third kappa shape index (κ3) is 1.97. The summed E-state index contributed by atoms with van der Waals surface area (Å²) >= 11 is 0. The van der Waals surface area contributed by atoms with Crippen LogP contribution in [0.5, 0.6) is 0 Å².